The number of furan rings is 1. The average molecular weight is 464 g/mol. The number of allylic oxidation sites excluding steroid dienone is 5. The molecule has 0 bridgehead atoms. The third-order valence-corrected chi connectivity index (χ3v) is 5.76. The zero-order valence-electron chi connectivity index (χ0n) is 17.7. The van der Waals surface area contributed by atoms with Crippen molar-refractivity contribution in [1.82, 2.24) is 10.3 Å². The van der Waals surface area contributed by atoms with Gasteiger partial charge in [-0.3, -0.25) is 9.78 Å². The molecule has 0 fully saturated rings. The summed E-state index contributed by atoms with van der Waals surface area (Å²) in [6.07, 6.45) is 6.04. The first kappa shape index (κ1) is 22.9. The molecule has 0 spiro atoms. The van der Waals surface area contributed by atoms with E-state index in [-0.39, 0.29) is 17.2 Å². The second-order valence-electron chi connectivity index (χ2n) is 7.99. The summed E-state index contributed by atoms with van der Waals surface area (Å²) in [5.74, 6) is -4.23. The van der Waals surface area contributed by atoms with Crippen molar-refractivity contribution in [2.75, 3.05) is 0 Å². The predicted molar refractivity (Wildman–Crippen MR) is 111 cm³/mol. The van der Waals surface area contributed by atoms with Crippen molar-refractivity contribution in [2.24, 2.45) is 5.92 Å². The molecule has 2 aromatic heterocycles. The number of carbonyl (C=O) groups excluding carboxylic acids is 1. The van der Waals surface area contributed by atoms with Gasteiger partial charge in [-0.15, -0.1) is 0 Å². The van der Waals surface area contributed by atoms with Crippen LogP contribution in [0.25, 0.3) is 5.57 Å². The molecule has 1 unspecified atom stereocenters. The molecule has 1 amide bonds. The van der Waals surface area contributed by atoms with Crippen molar-refractivity contribution in [3.8, 4) is 0 Å². The van der Waals surface area contributed by atoms with Gasteiger partial charge in [-0.05, 0) is 43.3 Å². The van der Waals surface area contributed by atoms with Gasteiger partial charge < -0.3 is 9.73 Å². The highest BCUT2D eigenvalue weighted by molar-refractivity contribution is 5.96. The first-order valence-corrected chi connectivity index (χ1v) is 10.6. The maximum absolute atomic E-state index is 13.9. The second-order valence-corrected chi connectivity index (χ2v) is 7.99. The van der Waals surface area contributed by atoms with E-state index in [0.29, 0.717) is 36.2 Å². The Balaban J connectivity index is 1.69. The molecule has 33 heavy (non-hydrogen) atoms. The van der Waals surface area contributed by atoms with E-state index in [4.69, 9.17) is 4.42 Å². The first-order valence-electron chi connectivity index (χ1n) is 10.6. The van der Waals surface area contributed by atoms with Crippen molar-refractivity contribution >= 4 is 11.5 Å². The second kappa shape index (κ2) is 8.96. The standard InChI is InChI=1S/C24H21F5N2O2/c1-2-13-9-14(20-16-5-3-4-6-19(16)33-22(20)24(27,28)29)7-8-15(10-13)31-23(32)21-17(25)11-30-12-18(21)26/h7-13H,2-6H2,1H3,(H,31,32). The van der Waals surface area contributed by atoms with E-state index < -0.39 is 35.0 Å². The van der Waals surface area contributed by atoms with E-state index in [0.717, 1.165) is 25.2 Å². The Morgan fingerprint density at radius 2 is 1.82 bits per heavy atom. The Morgan fingerprint density at radius 3 is 2.48 bits per heavy atom. The van der Waals surface area contributed by atoms with Crippen LogP contribution in [0, 0.1) is 17.6 Å². The number of hydrogen-bond donors (Lipinski definition) is 1. The third-order valence-electron chi connectivity index (χ3n) is 5.76. The molecule has 174 valence electrons. The van der Waals surface area contributed by atoms with Gasteiger partial charge in [0.1, 0.15) is 11.3 Å². The number of nitrogens with one attached hydrogen (secondary N) is 1. The van der Waals surface area contributed by atoms with Crippen LogP contribution >= 0.6 is 0 Å². The quantitative estimate of drug-likeness (QED) is 0.553. The number of aromatic nitrogens is 1. The minimum Gasteiger partial charge on any atom is -0.456 e. The molecule has 4 nitrogen and oxygen atoms in total. The summed E-state index contributed by atoms with van der Waals surface area (Å²) < 4.78 is 74.5. The van der Waals surface area contributed by atoms with Crippen molar-refractivity contribution in [1.29, 1.82) is 0 Å². The molecule has 2 heterocycles. The van der Waals surface area contributed by atoms with Crippen LogP contribution in [0.1, 0.15) is 59.2 Å². The van der Waals surface area contributed by atoms with E-state index in [1.165, 1.54) is 12.2 Å². The minimum absolute atomic E-state index is 0.0269. The number of fused-ring (bicyclic) bond motifs is 1. The highest BCUT2D eigenvalue weighted by Gasteiger charge is 2.41. The van der Waals surface area contributed by atoms with Crippen molar-refractivity contribution < 1.29 is 31.2 Å². The molecule has 1 atom stereocenters. The van der Waals surface area contributed by atoms with E-state index in [1.807, 2.05) is 6.92 Å². The van der Waals surface area contributed by atoms with Crippen molar-refractivity contribution in [3.05, 3.63) is 82.2 Å². The maximum Gasteiger partial charge on any atom is 0.450 e. The molecule has 2 aliphatic rings. The lowest BCUT2D eigenvalue weighted by Gasteiger charge is -2.13. The highest BCUT2D eigenvalue weighted by atomic mass is 19.4. The van der Waals surface area contributed by atoms with E-state index in [1.54, 1.807) is 12.2 Å². The fourth-order valence-electron chi connectivity index (χ4n) is 4.18. The number of rotatable bonds is 4. The molecule has 2 aliphatic carbocycles. The van der Waals surface area contributed by atoms with Crippen LogP contribution in [0.2, 0.25) is 0 Å². The molecular formula is C24H21F5N2O2. The van der Waals surface area contributed by atoms with Crippen LogP contribution in [-0.2, 0) is 19.0 Å². The van der Waals surface area contributed by atoms with Gasteiger partial charge in [-0.2, -0.15) is 13.2 Å². The fraction of sp³-hybridized carbons (Fsp3) is 0.333. The predicted octanol–water partition coefficient (Wildman–Crippen LogP) is 6.14. The molecule has 2 aromatic rings. The molecule has 0 saturated heterocycles. The minimum atomic E-state index is -4.66. The summed E-state index contributed by atoms with van der Waals surface area (Å²) in [5, 5.41) is 2.44. The Bertz CT molecular complexity index is 1150. The number of carbonyl (C=O) groups is 1. The summed E-state index contributed by atoms with van der Waals surface area (Å²) in [6.45, 7) is 1.84. The number of aryl methyl sites for hydroxylation is 1. The SMILES string of the molecule is CCC1C=C(NC(=O)c2c(F)cncc2F)C=CC(c2c(C(F)(F)F)oc3c2CCCC3)=C1. The molecule has 0 radical (unpaired) electrons. The zero-order chi connectivity index (χ0) is 23.8. The number of amides is 1. The molecule has 0 saturated carbocycles. The maximum atomic E-state index is 13.9. The Labute approximate surface area is 186 Å². The lowest BCUT2D eigenvalue weighted by atomic mass is 9.89. The Hall–Kier alpha value is -3.23. The number of nitrogens with zero attached hydrogens (tertiary/aromatic N) is 1. The average Bonchev–Trinajstić information content (AvgIpc) is 3.04. The summed E-state index contributed by atoms with van der Waals surface area (Å²) in [7, 11) is 0. The number of hydrogen-bond acceptors (Lipinski definition) is 3. The molecule has 9 heteroatoms. The number of alkyl halides is 3. The van der Waals surface area contributed by atoms with Gasteiger partial charge in [-0.25, -0.2) is 8.78 Å². The van der Waals surface area contributed by atoms with Crippen LogP contribution in [0.3, 0.4) is 0 Å². The third kappa shape index (κ3) is 4.62. The smallest absolute Gasteiger partial charge is 0.450 e. The van der Waals surface area contributed by atoms with Crippen LogP contribution in [0.15, 0.2) is 46.8 Å². The topological polar surface area (TPSA) is 55.1 Å². The lowest BCUT2D eigenvalue weighted by Crippen LogP contribution is -2.24. The highest BCUT2D eigenvalue weighted by Crippen LogP contribution is 2.43. The van der Waals surface area contributed by atoms with Crippen LogP contribution in [0.5, 0.6) is 0 Å². The van der Waals surface area contributed by atoms with Crippen LogP contribution in [0.4, 0.5) is 22.0 Å². The van der Waals surface area contributed by atoms with Gasteiger partial charge in [0.2, 0.25) is 5.76 Å². The number of pyridine rings is 1. The molecule has 0 aromatic carbocycles. The van der Waals surface area contributed by atoms with Gasteiger partial charge in [-0.1, -0.05) is 25.2 Å². The molecule has 1 N–H and O–H groups in total. The zero-order valence-corrected chi connectivity index (χ0v) is 17.7. The van der Waals surface area contributed by atoms with E-state index in [9.17, 15) is 26.7 Å². The molecular weight excluding hydrogens is 443 g/mol. The first-order chi connectivity index (χ1) is 15.7. The summed E-state index contributed by atoms with van der Waals surface area (Å²) in [5.41, 5.74) is 0.363. The largest absolute Gasteiger partial charge is 0.456 e. The van der Waals surface area contributed by atoms with Crippen molar-refractivity contribution in [2.45, 2.75) is 45.2 Å². The number of halogens is 5. The molecule has 0 aliphatic heterocycles. The monoisotopic (exact) mass is 464 g/mol. The summed E-state index contributed by atoms with van der Waals surface area (Å²) in [4.78, 5) is 15.8. The summed E-state index contributed by atoms with van der Waals surface area (Å²) >= 11 is 0. The van der Waals surface area contributed by atoms with Crippen LogP contribution in [-0.4, -0.2) is 10.9 Å². The summed E-state index contributed by atoms with van der Waals surface area (Å²) in [6, 6.07) is 0. The van der Waals surface area contributed by atoms with Crippen LogP contribution < -0.4 is 5.32 Å². The van der Waals surface area contributed by atoms with Gasteiger partial charge in [0.25, 0.3) is 5.91 Å². The van der Waals surface area contributed by atoms with E-state index >= 15 is 0 Å². The van der Waals surface area contributed by atoms with Crippen molar-refractivity contribution in [3.63, 3.8) is 0 Å². The van der Waals surface area contributed by atoms with Gasteiger partial charge in [0.05, 0.1) is 12.4 Å². The fourth-order valence-corrected chi connectivity index (χ4v) is 4.18. The Morgan fingerprint density at radius 1 is 1.12 bits per heavy atom. The van der Waals surface area contributed by atoms with Gasteiger partial charge >= 0.3 is 6.18 Å². The Kier molecular flexibility index (Phi) is 6.23. The van der Waals surface area contributed by atoms with Gasteiger partial charge in [0, 0.05) is 23.2 Å². The lowest BCUT2D eigenvalue weighted by molar-refractivity contribution is -0.153. The normalized spacial score (nSPS) is 18.3. The van der Waals surface area contributed by atoms with E-state index in [2.05, 4.69) is 10.3 Å². The van der Waals surface area contributed by atoms with Gasteiger partial charge in [0.15, 0.2) is 11.6 Å². The molecule has 4 rings (SSSR count).